The van der Waals surface area contributed by atoms with Crippen molar-refractivity contribution in [2.24, 2.45) is 5.14 Å². The van der Waals surface area contributed by atoms with E-state index in [-0.39, 0.29) is 17.8 Å². The van der Waals surface area contributed by atoms with E-state index < -0.39 is 16.2 Å². The molecule has 2 heterocycles. The van der Waals surface area contributed by atoms with Gasteiger partial charge in [0, 0.05) is 6.54 Å². The monoisotopic (exact) mass is 303 g/mol. The second-order valence-electron chi connectivity index (χ2n) is 5.34. The van der Waals surface area contributed by atoms with Gasteiger partial charge in [-0.3, -0.25) is 0 Å². The highest BCUT2D eigenvalue weighted by Crippen LogP contribution is 2.37. The molecule has 1 unspecified atom stereocenters. The van der Waals surface area contributed by atoms with Crippen LogP contribution in [0.4, 0.5) is 10.1 Å². The van der Waals surface area contributed by atoms with Crippen molar-refractivity contribution in [2.45, 2.75) is 37.8 Å². The summed E-state index contributed by atoms with van der Waals surface area (Å²) >= 11 is 0. The molecular weight excluding hydrogens is 285 g/mol. The quantitative estimate of drug-likeness (QED) is 0.826. The first-order valence-electron chi connectivity index (χ1n) is 6.74. The normalized spacial score (nSPS) is 23.8. The minimum Gasteiger partial charge on any atom is -0.315 e. The van der Waals surface area contributed by atoms with E-state index in [2.05, 4.69) is 10.4 Å². The number of anilines is 1. The minimum atomic E-state index is -4.03. The first-order valence-corrected chi connectivity index (χ1v) is 8.24. The zero-order valence-corrected chi connectivity index (χ0v) is 11.8. The van der Waals surface area contributed by atoms with Crippen molar-refractivity contribution in [1.82, 2.24) is 15.1 Å². The summed E-state index contributed by atoms with van der Waals surface area (Å²) in [6.07, 6.45) is 4.48. The molecule has 2 fully saturated rings. The predicted molar refractivity (Wildman–Crippen MR) is 71.9 cm³/mol. The molecule has 1 saturated carbocycles. The lowest BCUT2D eigenvalue weighted by molar-refractivity contribution is 0.440. The molecule has 7 nitrogen and oxygen atoms in total. The van der Waals surface area contributed by atoms with E-state index in [1.54, 1.807) is 0 Å². The maximum atomic E-state index is 14.4. The fourth-order valence-electron chi connectivity index (χ4n) is 2.63. The Morgan fingerprint density at radius 3 is 2.75 bits per heavy atom. The number of aromatic nitrogens is 2. The molecule has 1 aliphatic carbocycles. The molecule has 1 aromatic rings. The molecule has 3 rings (SSSR count). The van der Waals surface area contributed by atoms with E-state index in [4.69, 9.17) is 5.14 Å². The Hall–Kier alpha value is -1.19. The highest BCUT2D eigenvalue weighted by molar-refractivity contribution is 7.90. The molecule has 3 N–H and O–H groups in total. The molecule has 9 heteroatoms. The topological polar surface area (TPSA) is 93.2 Å². The fourth-order valence-corrected chi connectivity index (χ4v) is 3.63. The van der Waals surface area contributed by atoms with Gasteiger partial charge in [0.1, 0.15) is 5.69 Å². The lowest BCUT2D eigenvalue weighted by Gasteiger charge is -2.33. The molecule has 0 radical (unpaired) electrons. The summed E-state index contributed by atoms with van der Waals surface area (Å²) in [5, 5.41) is 12.4. The second-order valence-corrected chi connectivity index (χ2v) is 6.76. The second kappa shape index (κ2) is 4.97. The van der Waals surface area contributed by atoms with Gasteiger partial charge in [-0.25, -0.2) is 14.1 Å². The molecule has 0 spiro atoms. The van der Waals surface area contributed by atoms with Crippen LogP contribution in [0.3, 0.4) is 0 Å². The summed E-state index contributed by atoms with van der Waals surface area (Å²) < 4.78 is 40.3. The third kappa shape index (κ3) is 2.52. The summed E-state index contributed by atoms with van der Waals surface area (Å²) in [4.78, 5) is 0. The molecule has 20 heavy (non-hydrogen) atoms. The third-order valence-electron chi connectivity index (χ3n) is 3.72. The van der Waals surface area contributed by atoms with Crippen LogP contribution in [0, 0.1) is 5.95 Å². The molecular formula is C11H18FN5O2S. The first kappa shape index (κ1) is 13.8. The summed E-state index contributed by atoms with van der Waals surface area (Å²) in [5.41, 5.74) is -0.0481. The van der Waals surface area contributed by atoms with Gasteiger partial charge in [-0.2, -0.15) is 17.9 Å². The van der Waals surface area contributed by atoms with Crippen LogP contribution in [-0.2, 0) is 10.2 Å². The molecule has 0 bridgehead atoms. The Kier molecular flexibility index (Phi) is 3.43. The van der Waals surface area contributed by atoms with Crippen molar-refractivity contribution >= 4 is 15.9 Å². The predicted octanol–water partition coefficient (Wildman–Crippen LogP) is 0.119. The van der Waals surface area contributed by atoms with Gasteiger partial charge in [0.05, 0.1) is 18.3 Å². The van der Waals surface area contributed by atoms with Crippen LogP contribution < -0.4 is 14.8 Å². The van der Waals surface area contributed by atoms with Crippen molar-refractivity contribution in [1.29, 1.82) is 0 Å². The molecule has 1 saturated heterocycles. The van der Waals surface area contributed by atoms with Crippen LogP contribution in [0.25, 0.3) is 0 Å². The molecule has 0 amide bonds. The van der Waals surface area contributed by atoms with Crippen LogP contribution in [-0.4, -0.2) is 37.3 Å². The van der Waals surface area contributed by atoms with E-state index in [0.29, 0.717) is 13.0 Å². The molecule has 0 aromatic carbocycles. The van der Waals surface area contributed by atoms with E-state index in [9.17, 15) is 12.8 Å². The third-order valence-corrected chi connectivity index (χ3v) is 4.77. The smallest absolute Gasteiger partial charge is 0.299 e. The van der Waals surface area contributed by atoms with Crippen LogP contribution >= 0.6 is 0 Å². The molecule has 1 aliphatic heterocycles. The Balaban J connectivity index is 1.96. The van der Waals surface area contributed by atoms with Crippen LogP contribution in [0.2, 0.25) is 0 Å². The number of hydrogen-bond donors (Lipinski definition) is 2. The molecule has 1 atom stereocenters. The Labute approximate surface area is 117 Å². The lowest BCUT2D eigenvalue weighted by Crippen LogP contribution is -2.51. The van der Waals surface area contributed by atoms with Gasteiger partial charge in [0.15, 0.2) is 0 Å². The number of nitrogens with two attached hydrogens (primary N) is 1. The Morgan fingerprint density at radius 2 is 2.20 bits per heavy atom. The van der Waals surface area contributed by atoms with Crippen LogP contribution in [0.15, 0.2) is 6.20 Å². The Morgan fingerprint density at radius 1 is 1.45 bits per heavy atom. The average molecular weight is 303 g/mol. The number of hydrogen-bond acceptors (Lipinski definition) is 4. The summed E-state index contributed by atoms with van der Waals surface area (Å²) in [6.45, 7) is 1.29. The van der Waals surface area contributed by atoms with E-state index in [1.807, 2.05) is 0 Å². The van der Waals surface area contributed by atoms with Crippen molar-refractivity contribution < 1.29 is 12.8 Å². The first-order chi connectivity index (χ1) is 9.48. The van der Waals surface area contributed by atoms with Gasteiger partial charge in [-0.15, -0.1) is 0 Å². The minimum absolute atomic E-state index is 0.0481. The van der Waals surface area contributed by atoms with Gasteiger partial charge < -0.3 is 5.32 Å². The fraction of sp³-hybridized carbons (Fsp3) is 0.727. The summed E-state index contributed by atoms with van der Waals surface area (Å²) in [5.74, 6) is -0.618. The van der Waals surface area contributed by atoms with Crippen molar-refractivity contribution in [3.63, 3.8) is 0 Å². The zero-order valence-electron chi connectivity index (χ0n) is 11.0. The maximum Gasteiger partial charge on any atom is 0.299 e. The molecule has 1 aromatic heterocycles. The van der Waals surface area contributed by atoms with E-state index >= 15 is 0 Å². The number of nitrogens with one attached hydrogen (secondary N) is 1. The van der Waals surface area contributed by atoms with Crippen molar-refractivity contribution in [3.05, 3.63) is 12.1 Å². The largest absolute Gasteiger partial charge is 0.315 e. The van der Waals surface area contributed by atoms with Crippen molar-refractivity contribution in [3.8, 4) is 0 Å². The number of piperidine rings is 1. The highest BCUT2D eigenvalue weighted by Gasteiger charge is 2.35. The standard InChI is InChI=1S/C11H18FN5O2S/c12-11-10(7-15-16(11)8-3-4-8)17(20(13,18)19)9-2-1-5-14-6-9/h7-9,14H,1-6H2,(H2,13,18,19). The van der Waals surface area contributed by atoms with E-state index in [1.165, 1.54) is 10.9 Å². The van der Waals surface area contributed by atoms with Gasteiger partial charge in [0.2, 0.25) is 5.95 Å². The van der Waals surface area contributed by atoms with Crippen molar-refractivity contribution in [2.75, 3.05) is 17.4 Å². The van der Waals surface area contributed by atoms with Gasteiger partial charge in [-0.1, -0.05) is 0 Å². The SMILES string of the molecule is NS(=O)(=O)N(c1cnn(C2CC2)c1F)C1CCCNC1. The lowest BCUT2D eigenvalue weighted by atomic mass is 10.1. The zero-order chi connectivity index (χ0) is 14.3. The maximum absolute atomic E-state index is 14.4. The summed E-state index contributed by atoms with van der Waals surface area (Å²) in [7, 11) is -4.03. The Bertz CT molecular complexity index is 592. The average Bonchev–Trinajstić information content (AvgIpc) is 3.16. The molecule has 112 valence electrons. The van der Waals surface area contributed by atoms with Gasteiger partial charge >= 0.3 is 0 Å². The molecule has 2 aliphatic rings. The highest BCUT2D eigenvalue weighted by atomic mass is 32.2. The number of nitrogens with zero attached hydrogens (tertiary/aromatic N) is 3. The number of rotatable bonds is 4. The van der Waals surface area contributed by atoms with Crippen LogP contribution in [0.5, 0.6) is 0 Å². The van der Waals surface area contributed by atoms with Gasteiger partial charge in [-0.05, 0) is 32.2 Å². The van der Waals surface area contributed by atoms with Crippen LogP contribution in [0.1, 0.15) is 31.7 Å². The number of halogens is 1. The summed E-state index contributed by atoms with van der Waals surface area (Å²) in [6, 6.07) is -0.319. The van der Waals surface area contributed by atoms with E-state index in [0.717, 1.165) is 30.1 Å². The van der Waals surface area contributed by atoms with Gasteiger partial charge in [0.25, 0.3) is 10.2 Å².